The van der Waals surface area contributed by atoms with Crippen molar-refractivity contribution in [1.29, 1.82) is 0 Å². The first-order chi connectivity index (χ1) is 11.1. The van der Waals surface area contributed by atoms with Crippen LogP contribution in [0.25, 0.3) is 0 Å². The molecule has 0 aromatic heterocycles. The van der Waals surface area contributed by atoms with Crippen LogP contribution in [0.2, 0.25) is 0 Å². The summed E-state index contributed by atoms with van der Waals surface area (Å²) in [6.07, 6.45) is 0. The van der Waals surface area contributed by atoms with Gasteiger partial charge in [-0.2, -0.15) is 4.31 Å². The molecule has 0 spiro atoms. The molecule has 0 aliphatic carbocycles. The van der Waals surface area contributed by atoms with E-state index in [9.17, 15) is 8.42 Å². The second kappa shape index (κ2) is 7.13. The Bertz CT molecular complexity index is 757. The molecule has 23 heavy (non-hydrogen) atoms. The van der Waals surface area contributed by atoms with E-state index in [1.165, 1.54) is 10.5 Å². The third kappa shape index (κ3) is 3.83. The van der Waals surface area contributed by atoms with Gasteiger partial charge in [0.25, 0.3) is 0 Å². The van der Waals surface area contributed by atoms with Gasteiger partial charge in [0.2, 0.25) is 10.0 Å². The lowest BCUT2D eigenvalue weighted by atomic mass is 10.2. The molecule has 3 rings (SSSR count). The summed E-state index contributed by atoms with van der Waals surface area (Å²) < 4.78 is 28.0. The number of nitrogens with zero attached hydrogens (tertiary/aromatic N) is 1. The lowest BCUT2D eigenvalue weighted by molar-refractivity contribution is -0.917. The van der Waals surface area contributed by atoms with Crippen molar-refractivity contribution in [3.05, 3.63) is 64.6 Å². The van der Waals surface area contributed by atoms with Crippen LogP contribution >= 0.6 is 15.9 Å². The van der Waals surface area contributed by atoms with E-state index in [0.29, 0.717) is 18.0 Å². The molecule has 122 valence electrons. The Hall–Kier alpha value is -1.21. The maximum Gasteiger partial charge on any atom is 0.243 e. The van der Waals surface area contributed by atoms with Crippen LogP contribution in [0.15, 0.2) is 64.0 Å². The van der Waals surface area contributed by atoms with Crippen molar-refractivity contribution in [3.8, 4) is 0 Å². The second-order valence-electron chi connectivity index (χ2n) is 5.74. The smallest absolute Gasteiger partial charge is 0.243 e. The van der Waals surface area contributed by atoms with Gasteiger partial charge in [0.15, 0.2) is 0 Å². The Morgan fingerprint density at radius 2 is 1.57 bits per heavy atom. The lowest BCUT2D eigenvalue weighted by Crippen LogP contribution is -3.13. The number of quaternary nitrogens is 1. The highest BCUT2D eigenvalue weighted by Crippen LogP contribution is 2.16. The fourth-order valence-electron chi connectivity index (χ4n) is 2.87. The van der Waals surface area contributed by atoms with Gasteiger partial charge in [0.1, 0.15) is 6.54 Å². The van der Waals surface area contributed by atoms with E-state index in [-0.39, 0.29) is 0 Å². The monoisotopic (exact) mass is 395 g/mol. The highest BCUT2D eigenvalue weighted by atomic mass is 79.9. The number of nitrogens with one attached hydrogen (secondary N) is 1. The molecule has 0 amide bonds. The topological polar surface area (TPSA) is 41.8 Å². The third-order valence-corrected chi connectivity index (χ3v) is 6.90. The van der Waals surface area contributed by atoms with Crippen molar-refractivity contribution in [1.82, 2.24) is 4.31 Å². The Kier molecular flexibility index (Phi) is 5.16. The predicted octanol–water partition coefficient (Wildman–Crippen LogP) is 1.54. The number of rotatable bonds is 4. The van der Waals surface area contributed by atoms with E-state index in [4.69, 9.17) is 0 Å². The van der Waals surface area contributed by atoms with Crippen LogP contribution in [0, 0.1) is 0 Å². The maximum atomic E-state index is 12.6. The zero-order chi connectivity index (χ0) is 16.3. The first-order valence-electron chi connectivity index (χ1n) is 7.69. The Labute approximate surface area is 145 Å². The van der Waals surface area contributed by atoms with Gasteiger partial charge in [-0.05, 0) is 18.2 Å². The summed E-state index contributed by atoms with van der Waals surface area (Å²) in [5.41, 5.74) is 1.27. The van der Waals surface area contributed by atoms with Crippen LogP contribution in [0.4, 0.5) is 0 Å². The fraction of sp³-hybridized carbons (Fsp3) is 0.294. The molecule has 1 heterocycles. The number of benzene rings is 2. The number of sulfonamides is 1. The minimum Gasteiger partial charge on any atom is -0.329 e. The Morgan fingerprint density at radius 1 is 0.957 bits per heavy atom. The molecule has 6 heteroatoms. The fourth-order valence-corrected chi connectivity index (χ4v) is 4.76. The summed E-state index contributed by atoms with van der Waals surface area (Å²) in [6.45, 7) is 3.70. The molecular formula is C17H20BrN2O2S+. The SMILES string of the molecule is O=S(=O)(c1ccccc1)N1CC[NH+](Cc2ccccc2Br)CC1. The van der Waals surface area contributed by atoms with E-state index in [0.717, 1.165) is 24.1 Å². The molecule has 1 fully saturated rings. The number of halogens is 1. The molecule has 1 saturated heterocycles. The van der Waals surface area contributed by atoms with Gasteiger partial charge in [0, 0.05) is 10.0 Å². The zero-order valence-corrected chi connectivity index (χ0v) is 15.2. The van der Waals surface area contributed by atoms with Gasteiger partial charge in [-0.15, -0.1) is 0 Å². The molecule has 0 saturated carbocycles. The molecule has 0 bridgehead atoms. The summed E-state index contributed by atoms with van der Waals surface area (Å²) in [6, 6.07) is 16.9. The standard InChI is InChI=1S/C17H19BrN2O2S/c18-17-9-5-4-6-15(17)14-19-10-12-20(13-11-19)23(21,22)16-7-2-1-3-8-16/h1-9H,10-14H2/p+1. The second-order valence-corrected chi connectivity index (χ2v) is 8.53. The largest absolute Gasteiger partial charge is 0.329 e. The molecule has 4 nitrogen and oxygen atoms in total. The van der Waals surface area contributed by atoms with E-state index >= 15 is 0 Å². The molecule has 0 unspecified atom stereocenters. The minimum atomic E-state index is -3.36. The van der Waals surface area contributed by atoms with Crippen LogP contribution in [0.3, 0.4) is 0 Å². The van der Waals surface area contributed by atoms with E-state index < -0.39 is 10.0 Å². The summed E-state index contributed by atoms with van der Waals surface area (Å²) in [5, 5.41) is 0. The lowest BCUT2D eigenvalue weighted by Gasteiger charge is -2.31. The molecular weight excluding hydrogens is 376 g/mol. The molecule has 0 radical (unpaired) electrons. The molecule has 2 aromatic rings. The van der Waals surface area contributed by atoms with Crippen molar-refractivity contribution in [3.63, 3.8) is 0 Å². The number of hydrogen-bond acceptors (Lipinski definition) is 2. The molecule has 1 aliphatic rings. The average Bonchev–Trinajstić information content (AvgIpc) is 2.58. The predicted molar refractivity (Wildman–Crippen MR) is 93.7 cm³/mol. The first kappa shape index (κ1) is 16.6. The summed E-state index contributed by atoms with van der Waals surface area (Å²) >= 11 is 3.58. The van der Waals surface area contributed by atoms with Gasteiger partial charge >= 0.3 is 0 Å². The van der Waals surface area contributed by atoms with E-state index in [1.807, 2.05) is 24.3 Å². The van der Waals surface area contributed by atoms with Gasteiger partial charge in [-0.3, -0.25) is 0 Å². The van der Waals surface area contributed by atoms with Gasteiger partial charge < -0.3 is 4.90 Å². The summed E-state index contributed by atoms with van der Waals surface area (Å²) in [4.78, 5) is 1.80. The first-order valence-corrected chi connectivity index (χ1v) is 9.93. The van der Waals surface area contributed by atoms with Crippen molar-refractivity contribution in [2.75, 3.05) is 26.2 Å². The Morgan fingerprint density at radius 3 is 2.22 bits per heavy atom. The molecule has 2 aromatic carbocycles. The van der Waals surface area contributed by atoms with Crippen LogP contribution in [0.5, 0.6) is 0 Å². The van der Waals surface area contributed by atoms with E-state index in [1.54, 1.807) is 28.6 Å². The highest BCUT2D eigenvalue weighted by Gasteiger charge is 2.30. The summed E-state index contributed by atoms with van der Waals surface area (Å²) in [7, 11) is -3.36. The molecule has 1 aliphatic heterocycles. The van der Waals surface area contributed by atoms with Crippen molar-refractivity contribution >= 4 is 26.0 Å². The average molecular weight is 396 g/mol. The minimum absolute atomic E-state index is 0.384. The van der Waals surface area contributed by atoms with Gasteiger partial charge in [-0.25, -0.2) is 8.42 Å². The Balaban J connectivity index is 1.64. The third-order valence-electron chi connectivity index (χ3n) is 4.21. The summed E-state index contributed by atoms with van der Waals surface area (Å²) in [5.74, 6) is 0. The van der Waals surface area contributed by atoms with E-state index in [2.05, 4.69) is 22.0 Å². The molecule has 0 atom stereocenters. The molecule has 1 N–H and O–H groups in total. The van der Waals surface area contributed by atoms with Crippen molar-refractivity contribution in [2.24, 2.45) is 0 Å². The van der Waals surface area contributed by atoms with Crippen LogP contribution in [0.1, 0.15) is 5.56 Å². The highest BCUT2D eigenvalue weighted by molar-refractivity contribution is 9.10. The maximum absolute atomic E-state index is 12.6. The zero-order valence-electron chi connectivity index (χ0n) is 12.8. The number of hydrogen-bond donors (Lipinski definition) is 1. The van der Waals surface area contributed by atoms with Gasteiger partial charge in [-0.1, -0.05) is 52.3 Å². The normalized spacial score (nSPS) is 17.3. The van der Waals surface area contributed by atoms with Crippen molar-refractivity contribution in [2.45, 2.75) is 11.4 Å². The van der Waals surface area contributed by atoms with Crippen LogP contribution in [-0.4, -0.2) is 38.9 Å². The van der Waals surface area contributed by atoms with Crippen LogP contribution in [-0.2, 0) is 16.6 Å². The number of piperazine rings is 1. The van der Waals surface area contributed by atoms with Crippen molar-refractivity contribution < 1.29 is 13.3 Å². The van der Waals surface area contributed by atoms with Gasteiger partial charge in [0.05, 0.1) is 31.1 Å². The quantitative estimate of drug-likeness (QED) is 0.852. The van der Waals surface area contributed by atoms with Crippen LogP contribution < -0.4 is 4.90 Å².